The maximum atomic E-state index is 5.94. The van der Waals surface area contributed by atoms with Crippen molar-refractivity contribution in [2.24, 2.45) is 0 Å². The molecule has 0 spiro atoms. The second kappa shape index (κ2) is 8.53. The fourth-order valence-electron chi connectivity index (χ4n) is 3.14. The van der Waals surface area contributed by atoms with Crippen LogP contribution < -0.4 is 4.74 Å². The number of hydrogen-bond donors (Lipinski definition) is 0. The zero-order valence-corrected chi connectivity index (χ0v) is 15.2. The van der Waals surface area contributed by atoms with E-state index in [4.69, 9.17) is 4.74 Å². The summed E-state index contributed by atoms with van der Waals surface area (Å²) in [5.41, 5.74) is 6.29. The topological polar surface area (TPSA) is 9.23 Å². The minimum absolute atomic E-state index is 0.788. The van der Waals surface area contributed by atoms with Crippen LogP contribution >= 0.6 is 0 Å². The molecule has 0 aromatic heterocycles. The highest BCUT2D eigenvalue weighted by Gasteiger charge is 2.09. The van der Waals surface area contributed by atoms with E-state index in [9.17, 15) is 0 Å². The summed E-state index contributed by atoms with van der Waals surface area (Å²) < 4.78 is 5.94. The fourth-order valence-corrected chi connectivity index (χ4v) is 3.14. The lowest BCUT2D eigenvalue weighted by atomic mass is 9.92. The van der Waals surface area contributed by atoms with Gasteiger partial charge in [-0.2, -0.15) is 0 Å². The quantitative estimate of drug-likeness (QED) is 0.428. The van der Waals surface area contributed by atoms with Crippen molar-refractivity contribution in [3.63, 3.8) is 0 Å². The molecule has 3 aromatic carbocycles. The SMILES string of the molecule is CCCCCOc1cccc(-c2ccccc2-c2ccccc2C)c1. The molecule has 1 nitrogen and oxygen atoms in total. The predicted octanol–water partition coefficient (Wildman–Crippen LogP) is 6.90. The van der Waals surface area contributed by atoms with Crippen LogP contribution in [-0.2, 0) is 0 Å². The summed E-state index contributed by atoms with van der Waals surface area (Å²) in [7, 11) is 0. The van der Waals surface area contributed by atoms with E-state index in [2.05, 4.69) is 80.6 Å². The van der Waals surface area contributed by atoms with Crippen LogP contribution in [-0.4, -0.2) is 6.61 Å². The van der Waals surface area contributed by atoms with Crippen molar-refractivity contribution in [1.29, 1.82) is 0 Å². The molecular weight excluding hydrogens is 304 g/mol. The van der Waals surface area contributed by atoms with Gasteiger partial charge < -0.3 is 4.74 Å². The zero-order chi connectivity index (χ0) is 17.5. The summed E-state index contributed by atoms with van der Waals surface area (Å²) in [6.07, 6.45) is 3.55. The molecule has 0 amide bonds. The Morgan fingerprint density at radius 1 is 0.720 bits per heavy atom. The van der Waals surface area contributed by atoms with Crippen LogP contribution in [0.2, 0.25) is 0 Å². The Balaban J connectivity index is 1.91. The molecule has 0 aliphatic carbocycles. The number of unbranched alkanes of at least 4 members (excludes halogenated alkanes) is 2. The van der Waals surface area contributed by atoms with Crippen LogP contribution in [0.25, 0.3) is 22.3 Å². The first-order valence-electron chi connectivity index (χ1n) is 9.18. The van der Waals surface area contributed by atoms with Crippen LogP contribution in [0, 0.1) is 6.92 Å². The molecule has 0 N–H and O–H groups in total. The first-order chi connectivity index (χ1) is 12.3. The average molecular weight is 330 g/mol. The number of benzene rings is 3. The van der Waals surface area contributed by atoms with E-state index < -0.39 is 0 Å². The molecule has 3 rings (SSSR count). The smallest absolute Gasteiger partial charge is 0.119 e. The Labute approximate surface area is 151 Å². The number of aryl methyl sites for hydroxylation is 1. The predicted molar refractivity (Wildman–Crippen MR) is 107 cm³/mol. The molecule has 0 atom stereocenters. The Bertz CT molecular complexity index is 820. The van der Waals surface area contributed by atoms with E-state index in [-0.39, 0.29) is 0 Å². The van der Waals surface area contributed by atoms with E-state index >= 15 is 0 Å². The molecule has 128 valence electrons. The summed E-state index contributed by atoms with van der Waals surface area (Å²) >= 11 is 0. The van der Waals surface area contributed by atoms with Crippen molar-refractivity contribution in [2.75, 3.05) is 6.61 Å². The van der Waals surface area contributed by atoms with Crippen molar-refractivity contribution in [1.82, 2.24) is 0 Å². The molecule has 1 heteroatoms. The summed E-state index contributed by atoms with van der Waals surface area (Å²) in [6.45, 7) is 5.17. The van der Waals surface area contributed by atoms with Crippen molar-refractivity contribution < 1.29 is 4.74 Å². The standard InChI is InChI=1S/C24H26O/c1-3-4-9-17-25-21-13-10-12-20(18-21)23-15-7-8-16-24(23)22-14-6-5-11-19(22)2/h5-8,10-16,18H,3-4,9,17H2,1-2H3. The molecule has 0 aliphatic heterocycles. The second-order valence-electron chi connectivity index (χ2n) is 6.44. The Hall–Kier alpha value is -2.54. The minimum Gasteiger partial charge on any atom is -0.494 e. The van der Waals surface area contributed by atoms with Gasteiger partial charge in [-0.25, -0.2) is 0 Å². The van der Waals surface area contributed by atoms with E-state index in [0.29, 0.717) is 0 Å². The van der Waals surface area contributed by atoms with Gasteiger partial charge in [-0.15, -0.1) is 0 Å². The van der Waals surface area contributed by atoms with Crippen molar-refractivity contribution >= 4 is 0 Å². The Kier molecular flexibility index (Phi) is 5.90. The molecule has 0 fully saturated rings. The monoisotopic (exact) mass is 330 g/mol. The van der Waals surface area contributed by atoms with Gasteiger partial charge in [0.1, 0.15) is 5.75 Å². The first kappa shape index (κ1) is 17.3. The zero-order valence-electron chi connectivity index (χ0n) is 15.2. The lowest BCUT2D eigenvalue weighted by Gasteiger charge is -2.13. The summed E-state index contributed by atoms with van der Waals surface area (Å²) in [5, 5.41) is 0. The lowest BCUT2D eigenvalue weighted by Crippen LogP contribution is -1.97. The third-order valence-corrected chi connectivity index (χ3v) is 4.52. The maximum Gasteiger partial charge on any atom is 0.119 e. The largest absolute Gasteiger partial charge is 0.494 e. The summed E-state index contributed by atoms with van der Waals surface area (Å²) in [4.78, 5) is 0. The normalized spacial score (nSPS) is 10.6. The Morgan fingerprint density at radius 3 is 2.20 bits per heavy atom. The molecule has 0 aliphatic rings. The van der Waals surface area contributed by atoms with Gasteiger partial charge in [0.25, 0.3) is 0 Å². The summed E-state index contributed by atoms with van der Waals surface area (Å²) in [5.74, 6) is 0.952. The molecule has 0 radical (unpaired) electrons. The molecular formula is C24H26O. The lowest BCUT2D eigenvalue weighted by molar-refractivity contribution is 0.306. The minimum atomic E-state index is 0.788. The third kappa shape index (κ3) is 4.30. The van der Waals surface area contributed by atoms with Gasteiger partial charge in [-0.05, 0) is 53.3 Å². The van der Waals surface area contributed by atoms with Crippen molar-refractivity contribution in [3.05, 3.63) is 78.4 Å². The third-order valence-electron chi connectivity index (χ3n) is 4.52. The van der Waals surface area contributed by atoms with E-state index in [1.807, 2.05) is 6.07 Å². The van der Waals surface area contributed by atoms with Crippen LogP contribution in [0.5, 0.6) is 5.75 Å². The molecule has 0 heterocycles. The highest BCUT2D eigenvalue weighted by Crippen LogP contribution is 2.34. The highest BCUT2D eigenvalue weighted by molar-refractivity contribution is 5.85. The number of hydrogen-bond acceptors (Lipinski definition) is 1. The maximum absolute atomic E-state index is 5.94. The highest BCUT2D eigenvalue weighted by atomic mass is 16.5. The second-order valence-corrected chi connectivity index (χ2v) is 6.44. The van der Waals surface area contributed by atoms with Gasteiger partial charge in [0.05, 0.1) is 6.61 Å². The summed E-state index contributed by atoms with van der Waals surface area (Å²) in [6, 6.07) is 25.6. The van der Waals surface area contributed by atoms with E-state index in [0.717, 1.165) is 18.8 Å². The van der Waals surface area contributed by atoms with Crippen molar-refractivity contribution in [2.45, 2.75) is 33.1 Å². The number of ether oxygens (including phenoxy) is 1. The van der Waals surface area contributed by atoms with Gasteiger partial charge in [-0.1, -0.05) is 80.4 Å². The number of rotatable bonds is 7. The van der Waals surface area contributed by atoms with E-state index in [1.54, 1.807) is 0 Å². The van der Waals surface area contributed by atoms with Gasteiger partial charge in [0, 0.05) is 0 Å². The van der Waals surface area contributed by atoms with E-state index in [1.165, 1.54) is 40.7 Å². The molecule has 0 bridgehead atoms. The average Bonchev–Trinajstić information content (AvgIpc) is 2.66. The molecule has 0 saturated carbocycles. The van der Waals surface area contributed by atoms with Crippen LogP contribution in [0.3, 0.4) is 0 Å². The van der Waals surface area contributed by atoms with Gasteiger partial charge in [0.2, 0.25) is 0 Å². The van der Waals surface area contributed by atoms with Crippen LogP contribution in [0.15, 0.2) is 72.8 Å². The van der Waals surface area contributed by atoms with Gasteiger partial charge >= 0.3 is 0 Å². The molecule has 25 heavy (non-hydrogen) atoms. The van der Waals surface area contributed by atoms with Gasteiger partial charge in [0.15, 0.2) is 0 Å². The molecule has 3 aromatic rings. The molecule has 0 saturated heterocycles. The molecule has 0 unspecified atom stereocenters. The van der Waals surface area contributed by atoms with Crippen LogP contribution in [0.4, 0.5) is 0 Å². The Morgan fingerprint density at radius 2 is 1.44 bits per heavy atom. The van der Waals surface area contributed by atoms with Gasteiger partial charge in [-0.3, -0.25) is 0 Å². The fraction of sp³-hybridized carbons (Fsp3) is 0.250. The van der Waals surface area contributed by atoms with Crippen molar-refractivity contribution in [3.8, 4) is 28.0 Å². The van der Waals surface area contributed by atoms with Crippen LogP contribution in [0.1, 0.15) is 31.7 Å². The first-order valence-corrected chi connectivity index (χ1v) is 9.18.